The highest BCUT2D eigenvalue weighted by Gasteiger charge is 2.69. The first kappa shape index (κ1) is 16.4. The van der Waals surface area contributed by atoms with Crippen molar-refractivity contribution in [3.8, 4) is 0 Å². The minimum absolute atomic E-state index is 0.00898. The first-order valence-electron chi connectivity index (χ1n) is 8.51. The summed E-state index contributed by atoms with van der Waals surface area (Å²) in [4.78, 5) is 19.7. The lowest BCUT2D eigenvalue weighted by Crippen LogP contribution is -2.41. The van der Waals surface area contributed by atoms with Gasteiger partial charge in [0.2, 0.25) is 5.91 Å². The van der Waals surface area contributed by atoms with Gasteiger partial charge in [0, 0.05) is 19.6 Å². The summed E-state index contributed by atoms with van der Waals surface area (Å²) in [6.07, 6.45) is 3.11. The van der Waals surface area contributed by atoms with E-state index in [0.29, 0.717) is 12.4 Å². The van der Waals surface area contributed by atoms with Crippen LogP contribution in [-0.4, -0.2) is 39.6 Å². The Morgan fingerprint density at radius 1 is 1.30 bits per heavy atom. The third kappa shape index (κ3) is 2.57. The topological polar surface area (TPSA) is 71.1 Å². The highest BCUT2D eigenvalue weighted by atomic mass is 16.5. The van der Waals surface area contributed by atoms with Crippen LogP contribution in [0.3, 0.4) is 0 Å². The van der Waals surface area contributed by atoms with Gasteiger partial charge in [-0.05, 0) is 30.1 Å². The van der Waals surface area contributed by atoms with Gasteiger partial charge in [-0.1, -0.05) is 27.7 Å². The summed E-state index contributed by atoms with van der Waals surface area (Å²) in [5.41, 5.74) is 0.124. The lowest BCUT2D eigenvalue weighted by molar-refractivity contribution is -0.138. The number of hydrogen-bond acceptors (Lipinski definition) is 4. The van der Waals surface area contributed by atoms with Gasteiger partial charge in [-0.25, -0.2) is 4.98 Å². The average molecular weight is 320 g/mol. The molecule has 6 nitrogen and oxygen atoms in total. The summed E-state index contributed by atoms with van der Waals surface area (Å²) in [6, 6.07) is -0.00898. The second kappa shape index (κ2) is 5.58. The molecular weight excluding hydrogens is 292 g/mol. The van der Waals surface area contributed by atoms with Crippen LogP contribution in [0.2, 0.25) is 0 Å². The van der Waals surface area contributed by atoms with Crippen LogP contribution in [-0.2, 0) is 16.1 Å². The van der Waals surface area contributed by atoms with Crippen molar-refractivity contribution in [1.29, 1.82) is 0 Å². The number of carbonyl (C=O) groups is 1. The number of carbonyl (C=O) groups excluding carboxylic acids is 1. The van der Waals surface area contributed by atoms with Crippen molar-refractivity contribution in [2.24, 2.45) is 16.7 Å². The van der Waals surface area contributed by atoms with Crippen molar-refractivity contribution in [2.45, 2.75) is 59.6 Å². The zero-order chi connectivity index (χ0) is 16.8. The van der Waals surface area contributed by atoms with Crippen molar-refractivity contribution in [3.05, 3.63) is 11.6 Å². The fourth-order valence-corrected chi connectivity index (χ4v) is 4.10. The summed E-state index contributed by atoms with van der Waals surface area (Å²) in [5.74, 6) is 1.80. The lowest BCUT2D eigenvalue weighted by Gasteiger charge is -2.34. The third-order valence-electron chi connectivity index (χ3n) is 6.18. The monoisotopic (exact) mass is 320 g/mol. The molecule has 6 heteroatoms. The molecule has 1 N–H and O–H groups in total. The van der Waals surface area contributed by atoms with E-state index in [-0.39, 0.29) is 28.7 Å². The summed E-state index contributed by atoms with van der Waals surface area (Å²) in [5, 5.41) is 7.25. The van der Waals surface area contributed by atoms with Gasteiger partial charge < -0.3 is 9.64 Å². The highest BCUT2D eigenvalue weighted by Crippen LogP contribution is 2.69. The normalized spacial score (nSPS) is 26.3. The molecular formula is C17H28N4O2. The Bertz CT molecular complexity index is 579. The Balaban J connectivity index is 1.80. The molecule has 0 aromatic carbocycles. The first-order valence-corrected chi connectivity index (χ1v) is 8.51. The highest BCUT2D eigenvalue weighted by molar-refractivity contribution is 5.84. The Kier molecular flexibility index (Phi) is 3.99. The summed E-state index contributed by atoms with van der Waals surface area (Å²) in [7, 11) is 1.63. The van der Waals surface area contributed by atoms with Crippen LogP contribution in [0.25, 0.3) is 0 Å². The number of nitrogens with zero attached hydrogens (tertiary/aromatic N) is 3. The van der Waals surface area contributed by atoms with E-state index in [1.54, 1.807) is 7.11 Å². The quantitative estimate of drug-likeness (QED) is 0.926. The summed E-state index contributed by atoms with van der Waals surface area (Å²) in [6.45, 7) is 9.99. The molecule has 1 saturated heterocycles. The van der Waals surface area contributed by atoms with Crippen LogP contribution in [0, 0.1) is 16.7 Å². The summed E-state index contributed by atoms with van der Waals surface area (Å²) < 4.78 is 5.09. The number of ether oxygens (including phenoxy) is 1. The predicted molar refractivity (Wildman–Crippen MR) is 86.5 cm³/mol. The van der Waals surface area contributed by atoms with E-state index in [1.165, 1.54) is 0 Å². The van der Waals surface area contributed by atoms with E-state index >= 15 is 0 Å². The molecule has 23 heavy (non-hydrogen) atoms. The second-order valence-electron chi connectivity index (χ2n) is 7.99. The van der Waals surface area contributed by atoms with E-state index < -0.39 is 0 Å². The molecule has 1 aromatic rings. The molecule has 2 fully saturated rings. The van der Waals surface area contributed by atoms with Gasteiger partial charge in [-0.15, -0.1) is 0 Å². The molecule has 0 spiro atoms. The molecule has 1 saturated carbocycles. The Hall–Kier alpha value is -1.43. The standard InChI is InChI=1S/C17H28N4O2/c1-16(2)13(17(16,3)4)15(22)21-9-7-6-8-11(21)14-18-12(10-23-5)19-20-14/h11,13H,6-10H2,1-5H3,(H,18,19,20). The number of aromatic amines is 1. The van der Waals surface area contributed by atoms with Gasteiger partial charge in [0.25, 0.3) is 0 Å². The van der Waals surface area contributed by atoms with Gasteiger partial charge in [0.05, 0.1) is 6.04 Å². The molecule has 1 aromatic heterocycles. The Morgan fingerprint density at radius 3 is 2.61 bits per heavy atom. The van der Waals surface area contributed by atoms with Gasteiger partial charge in [-0.2, -0.15) is 5.10 Å². The van der Waals surface area contributed by atoms with Crippen LogP contribution in [0.1, 0.15) is 64.6 Å². The third-order valence-corrected chi connectivity index (χ3v) is 6.18. The van der Waals surface area contributed by atoms with E-state index in [4.69, 9.17) is 4.74 Å². The number of H-pyrrole nitrogens is 1. The van der Waals surface area contributed by atoms with E-state index in [0.717, 1.165) is 31.6 Å². The number of rotatable bonds is 4. The smallest absolute Gasteiger partial charge is 0.227 e. The minimum atomic E-state index is -0.00898. The van der Waals surface area contributed by atoms with E-state index in [1.807, 2.05) is 4.90 Å². The maximum Gasteiger partial charge on any atom is 0.227 e. The van der Waals surface area contributed by atoms with Crippen LogP contribution < -0.4 is 0 Å². The molecule has 1 amide bonds. The number of likely N-dealkylation sites (tertiary alicyclic amines) is 1. The molecule has 3 rings (SSSR count). The molecule has 2 heterocycles. The second-order valence-corrected chi connectivity index (χ2v) is 7.99. The molecule has 1 unspecified atom stereocenters. The summed E-state index contributed by atoms with van der Waals surface area (Å²) >= 11 is 0. The van der Waals surface area contributed by atoms with Gasteiger partial charge >= 0.3 is 0 Å². The molecule has 0 radical (unpaired) electrons. The number of nitrogens with one attached hydrogen (secondary N) is 1. The SMILES string of the molecule is COCc1nc(C2CCCCN2C(=O)C2C(C)(C)C2(C)C)n[nH]1. The maximum atomic E-state index is 13.1. The largest absolute Gasteiger partial charge is 0.377 e. The maximum absolute atomic E-state index is 13.1. The van der Waals surface area contributed by atoms with Gasteiger partial charge in [0.15, 0.2) is 11.6 Å². The zero-order valence-electron chi connectivity index (χ0n) is 14.8. The molecule has 0 bridgehead atoms. The lowest BCUT2D eigenvalue weighted by atomic mass is 9.99. The minimum Gasteiger partial charge on any atom is -0.377 e. The number of amides is 1. The number of hydrogen-bond donors (Lipinski definition) is 1. The Morgan fingerprint density at radius 2 is 2.00 bits per heavy atom. The van der Waals surface area contributed by atoms with E-state index in [9.17, 15) is 4.79 Å². The molecule has 2 aliphatic rings. The molecule has 1 atom stereocenters. The van der Waals surface area contributed by atoms with Crippen molar-refractivity contribution in [3.63, 3.8) is 0 Å². The first-order chi connectivity index (χ1) is 10.8. The fraction of sp³-hybridized carbons (Fsp3) is 0.824. The number of piperidine rings is 1. The number of aromatic nitrogens is 3. The van der Waals surface area contributed by atoms with Crippen molar-refractivity contribution < 1.29 is 9.53 Å². The van der Waals surface area contributed by atoms with Crippen LogP contribution in [0.15, 0.2) is 0 Å². The Labute approximate surface area is 138 Å². The average Bonchev–Trinajstić information content (AvgIpc) is 2.84. The predicted octanol–water partition coefficient (Wildman–Crippen LogP) is 2.69. The van der Waals surface area contributed by atoms with Gasteiger partial charge in [0.1, 0.15) is 6.61 Å². The molecule has 1 aliphatic heterocycles. The van der Waals surface area contributed by atoms with Crippen molar-refractivity contribution >= 4 is 5.91 Å². The number of methoxy groups -OCH3 is 1. The fourth-order valence-electron chi connectivity index (χ4n) is 4.10. The molecule has 1 aliphatic carbocycles. The van der Waals surface area contributed by atoms with Crippen LogP contribution in [0.4, 0.5) is 0 Å². The van der Waals surface area contributed by atoms with E-state index in [2.05, 4.69) is 42.9 Å². The molecule has 128 valence electrons. The van der Waals surface area contributed by atoms with Crippen LogP contribution in [0.5, 0.6) is 0 Å². The zero-order valence-corrected chi connectivity index (χ0v) is 14.8. The van der Waals surface area contributed by atoms with Crippen molar-refractivity contribution in [1.82, 2.24) is 20.1 Å². The van der Waals surface area contributed by atoms with Gasteiger partial charge in [-0.3, -0.25) is 9.89 Å². The van der Waals surface area contributed by atoms with Crippen LogP contribution >= 0.6 is 0 Å². The van der Waals surface area contributed by atoms with Crippen molar-refractivity contribution in [2.75, 3.05) is 13.7 Å².